The zero-order chi connectivity index (χ0) is 17.3. The molecule has 1 aliphatic heterocycles. The van der Waals surface area contributed by atoms with Crippen molar-refractivity contribution in [1.82, 2.24) is 10.2 Å². The lowest BCUT2D eigenvalue weighted by molar-refractivity contribution is 0.0845. The third kappa shape index (κ3) is 3.07. The summed E-state index contributed by atoms with van der Waals surface area (Å²) in [5, 5.41) is 18.1. The molecule has 3 rings (SSSR count). The number of anilines is 1. The zero-order valence-electron chi connectivity index (χ0n) is 12.4. The molecular weight excluding hydrogens is 327 g/mol. The van der Waals surface area contributed by atoms with Crippen LogP contribution in [0.2, 0.25) is 0 Å². The number of rotatable bonds is 3. The highest BCUT2D eigenvalue weighted by Gasteiger charge is 2.24. The van der Waals surface area contributed by atoms with Gasteiger partial charge in [-0.15, -0.1) is 0 Å². The number of aromatic amines is 1. The molecular formula is C15H14F3N3O3. The van der Waals surface area contributed by atoms with Crippen LogP contribution in [0.5, 0.6) is 5.75 Å². The van der Waals surface area contributed by atoms with Gasteiger partial charge >= 0.3 is 0 Å². The van der Waals surface area contributed by atoms with Crippen molar-refractivity contribution >= 4 is 11.7 Å². The van der Waals surface area contributed by atoms with E-state index < -0.39 is 34.7 Å². The molecule has 1 fully saturated rings. The smallest absolute Gasteiger partial charge is 0.260 e. The summed E-state index contributed by atoms with van der Waals surface area (Å²) in [6.07, 6.45) is 1.61. The van der Waals surface area contributed by atoms with Gasteiger partial charge in [0.2, 0.25) is 5.82 Å². The Morgan fingerprint density at radius 2 is 1.96 bits per heavy atom. The summed E-state index contributed by atoms with van der Waals surface area (Å²) in [6.45, 7) is 1.26. The molecule has 1 aromatic heterocycles. The van der Waals surface area contributed by atoms with E-state index in [0.29, 0.717) is 19.3 Å². The molecule has 0 bridgehead atoms. The number of phenols is 1. The van der Waals surface area contributed by atoms with Crippen LogP contribution in [0.4, 0.5) is 19.0 Å². The first-order valence-electron chi connectivity index (χ1n) is 7.28. The van der Waals surface area contributed by atoms with E-state index in [0.717, 1.165) is 18.5 Å². The molecule has 3 N–H and O–H groups in total. The molecule has 128 valence electrons. The SMILES string of the molecule is O=C(Nc1cc(C2CCOCC2)[nH]n1)c1cc(F)c(F)c(O)c1F. The molecule has 1 aromatic carbocycles. The van der Waals surface area contributed by atoms with E-state index in [9.17, 15) is 18.0 Å². The Morgan fingerprint density at radius 1 is 1.25 bits per heavy atom. The van der Waals surface area contributed by atoms with Gasteiger partial charge in [0.15, 0.2) is 23.2 Å². The maximum atomic E-state index is 13.7. The van der Waals surface area contributed by atoms with E-state index in [2.05, 4.69) is 15.5 Å². The van der Waals surface area contributed by atoms with E-state index in [-0.39, 0.29) is 11.7 Å². The quantitative estimate of drug-likeness (QED) is 0.749. The number of benzene rings is 1. The first-order chi connectivity index (χ1) is 11.5. The monoisotopic (exact) mass is 341 g/mol. The number of H-pyrrole nitrogens is 1. The second kappa shape index (κ2) is 6.52. The second-order valence-electron chi connectivity index (χ2n) is 5.43. The van der Waals surface area contributed by atoms with Gasteiger partial charge in [-0.05, 0) is 18.9 Å². The lowest BCUT2D eigenvalue weighted by Gasteiger charge is -2.20. The van der Waals surface area contributed by atoms with Gasteiger partial charge in [-0.1, -0.05) is 0 Å². The van der Waals surface area contributed by atoms with Crippen LogP contribution in [0.15, 0.2) is 12.1 Å². The lowest BCUT2D eigenvalue weighted by atomic mass is 9.97. The lowest BCUT2D eigenvalue weighted by Crippen LogP contribution is -2.15. The van der Waals surface area contributed by atoms with Crippen LogP contribution < -0.4 is 5.32 Å². The highest BCUT2D eigenvalue weighted by molar-refractivity contribution is 6.04. The van der Waals surface area contributed by atoms with Crippen molar-refractivity contribution in [2.24, 2.45) is 0 Å². The third-order valence-electron chi connectivity index (χ3n) is 3.88. The molecule has 0 radical (unpaired) electrons. The Labute approximate surface area is 134 Å². The second-order valence-corrected chi connectivity index (χ2v) is 5.43. The molecule has 0 spiro atoms. The molecule has 9 heteroatoms. The van der Waals surface area contributed by atoms with Gasteiger partial charge in [-0.25, -0.2) is 8.78 Å². The van der Waals surface area contributed by atoms with E-state index >= 15 is 0 Å². The molecule has 1 amide bonds. The highest BCUT2D eigenvalue weighted by Crippen LogP contribution is 2.28. The Hall–Kier alpha value is -2.55. The minimum absolute atomic E-state index is 0.116. The topological polar surface area (TPSA) is 87.2 Å². The fourth-order valence-electron chi connectivity index (χ4n) is 2.56. The first kappa shape index (κ1) is 16.3. The van der Waals surface area contributed by atoms with Gasteiger partial charge in [0, 0.05) is 30.9 Å². The molecule has 0 unspecified atom stereocenters. The number of amides is 1. The summed E-state index contributed by atoms with van der Waals surface area (Å²) >= 11 is 0. The van der Waals surface area contributed by atoms with Crippen LogP contribution in [0.3, 0.4) is 0 Å². The predicted octanol–water partition coefficient (Wildman–Crippen LogP) is 2.68. The number of carbonyl (C=O) groups is 1. The Kier molecular flexibility index (Phi) is 4.43. The van der Waals surface area contributed by atoms with Crippen molar-refractivity contribution in [3.8, 4) is 5.75 Å². The van der Waals surface area contributed by atoms with Gasteiger partial charge in [-0.3, -0.25) is 9.89 Å². The maximum absolute atomic E-state index is 13.7. The summed E-state index contributed by atoms with van der Waals surface area (Å²) < 4.78 is 45.3. The normalized spacial score (nSPS) is 15.5. The van der Waals surface area contributed by atoms with Crippen molar-refractivity contribution in [1.29, 1.82) is 0 Å². The molecule has 0 atom stereocenters. The van der Waals surface area contributed by atoms with Crippen molar-refractivity contribution in [2.75, 3.05) is 18.5 Å². The number of nitrogens with one attached hydrogen (secondary N) is 2. The molecule has 6 nitrogen and oxygen atoms in total. The number of phenolic OH excluding ortho intramolecular Hbond substituents is 1. The molecule has 24 heavy (non-hydrogen) atoms. The van der Waals surface area contributed by atoms with E-state index in [4.69, 9.17) is 9.84 Å². The van der Waals surface area contributed by atoms with Crippen LogP contribution >= 0.6 is 0 Å². The van der Waals surface area contributed by atoms with Crippen LogP contribution in [-0.2, 0) is 4.74 Å². The maximum Gasteiger partial charge on any atom is 0.260 e. The number of halogens is 3. The van der Waals surface area contributed by atoms with Gasteiger partial charge < -0.3 is 15.2 Å². The van der Waals surface area contributed by atoms with Crippen molar-refractivity contribution < 1.29 is 27.8 Å². The Balaban J connectivity index is 1.77. The average molecular weight is 341 g/mol. The molecule has 1 aliphatic rings. The highest BCUT2D eigenvalue weighted by atomic mass is 19.2. The zero-order valence-corrected chi connectivity index (χ0v) is 12.4. The minimum atomic E-state index is -1.74. The van der Waals surface area contributed by atoms with Crippen LogP contribution in [0, 0.1) is 17.5 Å². The average Bonchev–Trinajstić information content (AvgIpc) is 3.05. The van der Waals surface area contributed by atoms with Gasteiger partial charge in [0.1, 0.15) is 0 Å². The molecule has 1 saturated heterocycles. The molecule has 2 heterocycles. The van der Waals surface area contributed by atoms with Crippen molar-refractivity contribution in [2.45, 2.75) is 18.8 Å². The van der Waals surface area contributed by atoms with Crippen LogP contribution in [0.25, 0.3) is 0 Å². The van der Waals surface area contributed by atoms with Crippen LogP contribution in [0.1, 0.15) is 34.8 Å². The van der Waals surface area contributed by atoms with E-state index in [1.807, 2.05) is 0 Å². The van der Waals surface area contributed by atoms with Gasteiger partial charge in [-0.2, -0.15) is 9.49 Å². The van der Waals surface area contributed by atoms with E-state index in [1.54, 1.807) is 6.07 Å². The standard InChI is InChI=1S/C15H14F3N3O3/c16-9-5-8(12(17)14(22)13(9)18)15(23)19-11-6-10(20-21-11)7-1-3-24-4-2-7/h5-7,22H,1-4H2,(H2,19,20,21,23). The summed E-state index contributed by atoms with van der Waals surface area (Å²) in [5.74, 6) is -7.07. The van der Waals surface area contributed by atoms with Gasteiger partial charge in [0.25, 0.3) is 5.91 Å². The summed E-state index contributed by atoms with van der Waals surface area (Å²) in [5.41, 5.74) is -0.0239. The Morgan fingerprint density at radius 3 is 2.67 bits per heavy atom. The molecule has 0 saturated carbocycles. The number of aromatic hydroxyl groups is 1. The number of carbonyl (C=O) groups excluding carboxylic acids is 1. The number of aromatic nitrogens is 2. The number of hydrogen-bond acceptors (Lipinski definition) is 4. The molecule has 2 aromatic rings. The first-order valence-corrected chi connectivity index (χ1v) is 7.28. The summed E-state index contributed by atoms with van der Waals surface area (Å²) in [4.78, 5) is 12.0. The fraction of sp³-hybridized carbons (Fsp3) is 0.333. The van der Waals surface area contributed by atoms with Crippen molar-refractivity contribution in [3.05, 3.63) is 40.8 Å². The minimum Gasteiger partial charge on any atom is -0.503 e. The molecule has 0 aliphatic carbocycles. The van der Waals surface area contributed by atoms with Gasteiger partial charge in [0.05, 0.1) is 5.56 Å². The number of ether oxygens (including phenoxy) is 1. The van der Waals surface area contributed by atoms with Crippen molar-refractivity contribution in [3.63, 3.8) is 0 Å². The number of hydrogen-bond donors (Lipinski definition) is 3. The fourth-order valence-corrected chi connectivity index (χ4v) is 2.56. The van der Waals surface area contributed by atoms with E-state index in [1.165, 1.54) is 0 Å². The largest absolute Gasteiger partial charge is 0.503 e. The third-order valence-corrected chi connectivity index (χ3v) is 3.88. The summed E-state index contributed by atoms with van der Waals surface area (Å²) in [6, 6.07) is 1.97. The number of nitrogens with zero attached hydrogens (tertiary/aromatic N) is 1. The van der Waals surface area contributed by atoms with Crippen LogP contribution in [-0.4, -0.2) is 34.4 Å². The Bertz CT molecular complexity index is 773. The predicted molar refractivity (Wildman–Crippen MR) is 77.3 cm³/mol. The summed E-state index contributed by atoms with van der Waals surface area (Å²) in [7, 11) is 0.